The maximum Gasteiger partial charge on any atom is 0.262 e. The molecule has 134 valence electrons. The Labute approximate surface area is 161 Å². The largest absolute Gasteiger partial charge is 0.287 e. The number of nitrogens with zero attached hydrogens (tertiary/aromatic N) is 3. The minimum atomic E-state index is 0.0139. The first kappa shape index (κ1) is 17.5. The van der Waals surface area contributed by atoms with Gasteiger partial charge in [-0.1, -0.05) is 60.3 Å². The Hall–Kier alpha value is -2.92. The van der Waals surface area contributed by atoms with E-state index in [9.17, 15) is 4.79 Å². The van der Waals surface area contributed by atoms with Crippen LogP contribution in [0.15, 0.2) is 88.9 Å². The van der Waals surface area contributed by atoms with Crippen molar-refractivity contribution in [3.63, 3.8) is 0 Å². The van der Waals surface area contributed by atoms with Gasteiger partial charge in [0.2, 0.25) is 0 Å². The number of rotatable bonds is 6. The van der Waals surface area contributed by atoms with Gasteiger partial charge >= 0.3 is 0 Å². The summed E-state index contributed by atoms with van der Waals surface area (Å²) in [5, 5.41) is 1.40. The fraction of sp³-hybridized carbons (Fsp3) is 0.136. The summed E-state index contributed by atoms with van der Waals surface area (Å²) in [6, 6.07) is 23.6. The van der Waals surface area contributed by atoms with Crippen LogP contribution in [0.3, 0.4) is 0 Å². The van der Waals surface area contributed by atoms with Crippen LogP contribution in [0.25, 0.3) is 10.9 Å². The molecule has 0 fully saturated rings. The van der Waals surface area contributed by atoms with Crippen molar-refractivity contribution in [2.45, 2.75) is 23.9 Å². The van der Waals surface area contributed by atoms with E-state index >= 15 is 0 Å². The number of aryl methyl sites for hydroxylation is 1. The highest BCUT2D eigenvalue weighted by Crippen LogP contribution is 2.21. The van der Waals surface area contributed by atoms with Gasteiger partial charge in [0, 0.05) is 18.5 Å². The van der Waals surface area contributed by atoms with E-state index in [1.54, 1.807) is 22.5 Å². The third-order valence-electron chi connectivity index (χ3n) is 4.37. The summed E-state index contributed by atoms with van der Waals surface area (Å²) in [4.78, 5) is 22.2. The lowest BCUT2D eigenvalue weighted by Crippen LogP contribution is -2.24. The zero-order chi connectivity index (χ0) is 18.5. The number of para-hydroxylation sites is 1. The van der Waals surface area contributed by atoms with Gasteiger partial charge in [-0.25, -0.2) is 4.98 Å². The topological polar surface area (TPSA) is 47.8 Å². The van der Waals surface area contributed by atoms with Crippen LogP contribution >= 0.6 is 11.8 Å². The molecule has 2 heterocycles. The van der Waals surface area contributed by atoms with Crippen molar-refractivity contribution in [3.8, 4) is 0 Å². The van der Waals surface area contributed by atoms with Gasteiger partial charge in [-0.05, 0) is 36.2 Å². The monoisotopic (exact) mass is 373 g/mol. The van der Waals surface area contributed by atoms with Crippen molar-refractivity contribution < 1.29 is 0 Å². The molecule has 0 bridgehead atoms. The van der Waals surface area contributed by atoms with Crippen molar-refractivity contribution in [2.24, 2.45) is 0 Å². The van der Waals surface area contributed by atoms with Crippen LogP contribution < -0.4 is 5.56 Å². The van der Waals surface area contributed by atoms with Gasteiger partial charge in [0.1, 0.15) is 0 Å². The minimum Gasteiger partial charge on any atom is -0.287 e. The second kappa shape index (κ2) is 8.18. The molecular formula is C22H19N3OS. The lowest BCUT2D eigenvalue weighted by Gasteiger charge is -2.13. The first-order valence-corrected chi connectivity index (χ1v) is 9.86. The maximum atomic E-state index is 13.1. The van der Waals surface area contributed by atoms with Gasteiger partial charge < -0.3 is 0 Å². The van der Waals surface area contributed by atoms with Crippen LogP contribution in [0, 0.1) is 0 Å². The summed E-state index contributed by atoms with van der Waals surface area (Å²) >= 11 is 1.55. The molecule has 5 heteroatoms. The Morgan fingerprint density at radius 1 is 0.889 bits per heavy atom. The normalized spacial score (nSPS) is 11.0. The number of aromatic nitrogens is 3. The molecule has 27 heavy (non-hydrogen) atoms. The molecular weight excluding hydrogens is 354 g/mol. The molecule has 0 atom stereocenters. The summed E-state index contributed by atoms with van der Waals surface area (Å²) in [6.07, 6.45) is 2.57. The number of pyridine rings is 1. The summed E-state index contributed by atoms with van der Waals surface area (Å²) in [5.41, 5.74) is 2.93. The molecule has 0 spiro atoms. The molecule has 0 radical (unpaired) electrons. The van der Waals surface area contributed by atoms with Gasteiger partial charge in [-0.2, -0.15) is 0 Å². The summed E-state index contributed by atoms with van der Waals surface area (Å²) in [6.45, 7) is 0.602. The molecule has 0 saturated carbocycles. The Morgan fingerprint density at radius 2 is 1.67 bits per heavy atom. The Bertz CT molecular complexity index is 1090. The summed E-state index contributed by atoms with van der Waals surface area (Å²) in [7, 11) is 0. The van der Waals surface area contributed by atoms with E-state index in [0.717, 1.165) is 22.8 Å². The van der Waals surface area contributed by atoms with Crippen LogP contribution in [0.4, 0.5) is 0 Å². The fourth-order valence-corrected chi connectivity index (χ4v) is 3.90. The molecule has 2 aromatic carbocycles. The third kappa shape index (κ3) is 4.09. The van der Waals surface area contributed by atoms with E-state index in [1.807, 2.05) is 60.7 Å². The van der Waals surface area contributed by atoms with Crippen molar-refractivity contribution >= 4 is 22.7 Å². The lowest BCUT2D eigenvalue weighted by atomic mass is 10.1. The van der Waals surface area contributed by atoms with Crippen molar-refractivity contribution in [2.75, 3.05) is 0 Å². The average molecular weight is 373 g/mol. The van der Waals surface area contributed by atoms with Gasteiger partial charge in [0.25, 0.3) is 5.56 Å². The van der Waals surface area contributed by atoms with E-state index in [2.05, 4.69) is 17.1 Å². The highest BCUT2D eigenvalue weighted by molar-refractivity contribution is 7.98. The van der Waals surface area contributed by atoms with E-state index < -0.39 is 0 Å². The van der Waals surface area contributed by atoms with Crippen LogP contribution in [0.1, 0.15) is 11.3 Å². The van der Waals surface area contributed by atoms with Crippen LogP contribution in [0.2, 0.25) is 0 Å². The highest BCUT2D eigenvalue weighted by atomic mass is 32.2. The van der Waals surface area contributed by atoms with Gasteiger partial charge in [0.15, 0.2) is 5.16 Å². The Morgan fingerprint density at radius 3 is 2.48 bits per heavy atom. The lowest BCUT2D eigenvalue weighted by molar-refractivity contribution is 0.595. The molecule has 2 aromatic heterocycles. The number of thioether (sulfide) groups is 1. The standard InChI is InChI=1S/C22H19N3OS/c26-21-19-11-4-5-12-20(19)24-22(27-16-18-10-6-7-14-23-18)25(21)15-13-17-8-2-1-3-9-17/h1-12,14H,13,15-16H2. The predicted octanol–water partition coefficient (Wildman–Crippen LogP) is 4.33. The molecule has 0 aliphatic carbocycles. The van der Waals surface area contributed by atoms with Crippen LogP contribution in [-0.2, 0) is 18.7 Å². The molecule has 0 saturated heterocycles. The fourth-order valence-electron chi connectivity index (χ4n) is 2.96. The van der Waals surface area contributed by atoms with Crippen molar-refractivity contribution in [1.29, 1.82) is 0 Å². The predicted molar refractivity (Wildman–Crippen MR) is 110 cm³/mol. The van der Waals surface area contributed by atoms with Gasteiger partial charge in [-0.15, -0.1) is 0 Å². The minimum absolute atomic E-state index is 0.0139. The first-order valence-electron chi connectivity index (χ1n) is 8.87. The van der Waals surface area contributed by atoms with E-state index in [0.29, 0.717) is 17.7 Å². The SMILES string of the molecule is O=c1c2ccccc2nc(SCc2ccccn2)n1CCc1ccccc1. The molecule has 4 nitrogen and oxygen atoms in total. The maximum absolute atomic E-state index is 13.1. The smallest absolute Gasteiger partial charge is 0.262 e. The summed E-state index contributed by atoms with van der Waals surface area (Å²) < 4.78 is 1.79. The number of fused-ring (bicyclic) bond motifs is 1. The van der Waals surface area contributed by atoms with E-state index in [1.165, 1.54) is 5.56 Å². The first-order chi connectivity index (χ1) is 13.3. The molecule has 0 N–H and O–H groups in total. The average Bonchev–Trinajstić information content (AvgIpc) is 2.73. The second-order valence-electron chi connectivity index (χ2n) is 6.21. The molecule has 0 aliphatic rings. The van der Waals surface area contributed by atoms with Gasteiger partial charge in [0.05, 0.1) is 16.6 Å². The molecule has 0 amide bonds. The third-order valence-corrected chi connectivity index (χ3v) is 5.38. The van der Waals surface area contributed by atoms with E-state index in [-0.39, 0.29) is 5.56 Å². The van der Waals surface area contributed by atoms with E-state index in [4.69, 9.17) is 4.98 Å². The zero-order valence-electron chi connectivity index (χ0n) is 14.8. The number of hydrogen-bond acceptors (Lipinski definition) is 4. The Kier molecular flexibility index (Phi) is 5.30. The second-order valence-corrected chi connectivity index (χ2v) is 7.16. The van der Waals surface area contributed by atoms with Crippen molar-refractivity contribution in [3.05, 3.63) is 101 Å². The zero-order valence-corrected chi connectivity index (χ0v) is 15.6. The summed E-state index contributed by atoms with van der Waals surface area (Å²) in [5.74, 6) is 0.678. The molecule has 4 aromatic rings. The number of benzene rings is 2. The molecule has 4 rings (SSSR count). The highest BCUT2D eigenvalue weighted by Gasteiger charge is 2.12. The quantitative estimate of drug-likeness (QED) is 0.373. The molecule has 0 aliphatic heterocycles. The van der Waals surface area contributed by atoms with Gasteiger partial charge in [-0.3, -0.25) is 14.3 Å². The Balaban J connectivity index is 1.67. The van der Waals surface area contributed by atoms with Crippen molar-refractivity contribution in [1.82, 2.24) is 14.5 Å². The molecule has 0 unspecified atom stereocenters. The van der Waals surface area contributed by atoms with Crippen LogP contribution in [-0.4, -0.2) is 14.5 Å². The number of hydrogen-bond donors (Lipinski definition) is 0. The van der Waals surface area contributed by atoms with Crippen LogP contribution in [0.5, 0.6) is 0 Å².